The van der Waals surface area contributed by atoms with Crippen LogP contribution < -0.4 is 16.0 Å². The Morgan fingerprint density at radius 1 is 1.10 bits per heavy atom. The van der Waals surface area contributed by atoms with Crippen LogP contribution in [-0.4, -0.2) is 63.0 Å². The van der Waals surface area contributed by atoms with Gasteiger partial charge in [-0.15, -0.1) is 0 Å². The van der Waals surface area contributed by atoms with Crippen molar-refractivity contribution in [3.05, 3.63) is 90.3 Å². The monoisotopic (exact) mass is 652 g/mol. The molecule has 1 aliphatic rings. The first-order valence-corrected chi connectivity index (χ1v) is 16.4. The molecule has 48 heavy (non-hydrogen) atoms. The molecule has 0 atom stereocenters. The van der Waals surface area contributed by atoms with Gasteiger partial charge in [0.15, 0.2) is 5.65 Å². The molecule has 1 fully saturated rings. The van der Waals surface area contributed by atoms with Gasteiger partial charge in [-0.05, 0) is 62.0 Å². The van der Waals surface area contributed by atoms with Gasteiger partial charge in [-0.1, -0.05) is 50.3 Å². The van der Waals surface area contributed by atoms with Crippen LogP contribution in [0.1, 0.15) is 56.6 Å². The van der Waals surface area contributed by atoms with Gasteiger partial charge in [-0.25, -0.2) is 13.8 Å². The van der Waals surface area contributed by atoms with Gasteiger partial charge in [0, 0.05) is 72.5 Å². The number of carbonyl (C=O) groups excluding carboxylic acids is 1. The van der Waals surface area contributed by atoms with E-state index in [9.17, 15) is 13.6 Å². The zero-order chi connectivity index (χ0) is 33.8. The third kappa shape index (κ3) is 7.62. The van der Waals surface area contributed by atoms with Gasteiger partial charge in [0.05, 0.1) is 11.9 Å². The average molecular weight is 653 g/mol. The van der Waals surface area contributed by atoms with Gasteiger partial charge in [-0.2, -0.15) is 9.61 Å². The van der Waals surface area contributed by atoms with Crippen LogP contribution in [0.3, 0.4) is 0 Å². The molecule has 5 aromatic rings. The second-order valence-corrected chi connectivity index (χ2v) is 13.1. The topological polar surface area (TPSA) is 99.5 Å². The van der Waals surface area contributed by atoms with Crippen LogP contribution >= 0.6 is 0 Å². The molecular formula is C37H42F2N8O. The smallest absolute Gasteiger partial charge is 0.248 e. The Morgan fingerprint density at radius 3 is 2.67 bits per heavy atom. The number of nitrogens with zero attached hydrogens (tertiary/aromatic N) is 5. The van der Waals surface area contributed by atoms with Gasteiger partial charge in [0.25, 0.3) is 0 Å². The normalized spacial score (nSPS) is 15.2. The minimum absolute atomic E-state index is 0.0654. The van der Waals surface area contributed by atoms with Crippen molar-refractivity contribution in [3.63, 3.8) is 0 Å². The minimum atomic E-state index is -2.59. The molecule has 11 heteroatoms. The Bertz CT molecular complexity index is 1940. The molecule has 1 aliphatic carbocycles. The molecule has 0 bridgehead atoms. The average Bonchev–Trinajstić information content (AvgIpc) is 3.49. The third-order valence-corrected chi connectivity index (χ3v) is 8.69. The first-order chi connectivity index (χ1) is 23.1. The molecule has 0 radical (unpaired) electrons. The van der Waals surface area contributed by atoms with Gasteiger partial charge in [0.2, 0.25) is 11.8 Å². The fourth-order valence-electron chi connectivity index (χ4n) is 6.10. The molecule has 2 aromatic carbocycles. The summed E-state index contributed by atoms with van der Waals surface area (Å²) in [6.07, 6.45) is 7.55. The number of carbonyl (C=O) groups is 1. The maximum Gasteiger partial charge on any atom is 0.248 e. The number of anilines is 3. The Labute approximate surface area is 279 Å². The van der Waals surface area contributed by atoms with Crippen molar-refractivity contribution in [1.29, 1.82) is 0 Å². The third-order valence-electron chi connectivity index (χ3n) is 8.69. The molecule has 9 nitrogen and oxygen atoms in total. The number of alkyl halides is 2. The highest BCUT2D eigenvalue weighted by Crippen LogP contribution is 2.35. The van der Waals surface area contributed by atoms with Gasteiger partial charge < -0.3 is 20.9 Å². The second kappa shape index (κ2) is 14.1. The molecule has 1 amide bonds. The summed E-state index contributed by atoms with van der Waals surface area (Å²) in [6, 6.07) is 17.7. The fraction of sp³-hybridized carbons (Fsp3) is 0.351. The summed E-state index contributed by atoms with van der Waals surface area (Å²) in [5.74, 6) is -1.17. The lowest BCUT2D eigenvalue weighted by Gasteiger charge is -2.29. The van der Waals surface area contributed by atoms with E-state index in [2.05, 4.69) is 47.0 Å². The first-order valence-electron chi connectivity index (χ1n) is 16.4. The van der Waals surface area contributed by atoms with Crippen molar-refractivity contribution < 1.29 is 13.6 Å². The van der Waals surface area contributed by atoms with E-state index in [4.69, 9.17) is 9.97 Å². The highest BCUT2D eigenvalue weighted by molar-refractivity contribution is 6.02. The number of hydrogen-bond acceptors (Lipinski definition) is 7. The van der Waals surface area contributed by atoms with Crippen molar-refractivity contribution >= 4 is 39.6 Å². The SMILES string of the molecule is CC(C)c1cnn2c(NCc3ccccc3-c3nccc4cc(NC(=O)/C=C/CN(C)C)ccc34)cc(NC3CCC(F)(F)CC3)nc12. The molecular weight excluding hydrogens is 610 g/mol. The number of halogens is 2. The van der Waals surface area contributed by atoms with Crippen molar-refractivity contribution in [2.24, 2.45) is 0 Å². The molecule has 0 saturated heterocycles. The van der Waals surface area contributed by atoms with Crippen molar-refractivity contribution in [2.45, 2.75) is 64.0 Å². The number of rotatable bonds is 11. The van der Waals surface area contributed by atoms with E-state index in [1.54, 1.807) is 16.8 Å². The molecule has 0 spiro atoms. The molecule has 1 saturated carbocycles. The van der Waals surface area contributed by atoms with Gasteiger partial charge >= 0.3 is 0 Å². The predicted molar refractivity (Wildman–Crippen MR) is 189 cm³/mol. The van der Waals surface area contributed by atoms with Gasteiger partial charge in [0.1, 0.15) is 11.6 Å². The van der Waals surface area contributed by atoms with Crippen LogP contribution in [0, 0.1) is 0 Å². The van der Waals surface area contributed by atoms with Crippen LogP contribution in [0.5, 0.6) is 0 Å². The van der Waals surface area contributed by atoms with E-state index < -0.39 is 5.92 Å². The Kier molecular flexibility index (Phi) is 9.68. The number of likely N-dealkylation sites (N-methyl/N-ethyl adjacent to an activating group) is 1. The lowest BCUT2D eigenvalue weighted by molar-refractivity contribution is -0.111. The number of nitrogens with one attached hydrogen (secondary N) is 3. The molecule has 0 aliphatic heterocycles. The number of pyridine rings is 1. The number of amides is 1. The number of fused-ring (bicyclic) bond motifs is 2. The van der Waals surface area contributed by atoms with E-state index >= 15 is 0 Å². The van der Waals surface area contributed by atoms with Crippen LogP contribution in [0.2, 0.25) is 0 Å². The van der Waals surface area contributed by atoms with Crippen LogP contribution in [0.25, 0.3) is 27.7 Å². The molecule has 250 valence electrons. The Hall–Kier alpha value is -4.90. The van der Waals surface area contributed by atoms with Crippen LogP contribution in [0.15, 0.2) is 79.1 Å². The summed E-state index contributed by atoms with van der Waals surface area (Å²) in [6.45, 7) is 5.36. The highest BCUT2D eigenvalue weighted by Gasteiger charge is 2.35. The molecule has 3 heterocycles. The summed E-state index contributed by atoms with van der Waals surface area (Å²) in [5.41, 5.74) is 5.31. The first kappa shape index (κ1) is 33.0. The van der Waals surface area contributed by atoms with Crippen LogP contribution in [0.4, 0.5) is 26.1 Å². The quantitative estimate of drug-likeness (QED) is 0.126. The summed E-state index contributed by atoms with van der Waals surface area (Å²) in [4.78, 5) is 24.1. The Morgan fingerprint density at radius 2 is 1.90 bits per heavy atom. The van der Waals surface area contributed by atoms with E-state index in [1.165, 1.54) is 0 Å². The van der Waals surface area contributed by atoms with E-state index in [-0.39, 0.29) is 30.7 Å². The zero-order valence-corrected chi connectivity index (χ0v) is 27.8. The number of aromatic nitrogens is 4. The zero-order valence-electron chi connectivity index (χ0n) is 27.8. The van der Waals surface area contributed by atoms with Crippen molar-refractivity contribution in [2.75, 3.05) is 36.6 Å². The van der Waals surface area contributed by atoms with E-state index in [0.29, 0.717) is 37.4 Å². The van der Waals surface area contributed by atoms with Gasteiger partial charge in [-0.3, -0.25) is 9.78 Å². The Balaban J connectivity index is 1.26. The van der Waals surface area contributed by atoms with E-state index in [1.807, 2.05) is 73.7 Å². The maximum absolute atomic E-state index is 13.8. The minimum Gasteiger partial charge on any atom is -0.367 e. The number of hydrogen-bond donors (Lipinski definition) is 3. The summed E-state index contributed by atoms with van der Waals surface area (Å²) < 4.78 is 29.5. The standard InChI is InChI=1S/C37H42F2N8O/c1-24(2)31-23-42-47-33(21-32(45-36(31)47)43-27-13-16-37(38,39)17-14-27)41-22-26-8-5-6-9-29(26)35-30-12-11-28(20-25(30)15-18-40-35)44-34(48)10-7-19-46(3)4/h5-12,15,18,20-21,23-24,27,41H,13-14,16-17,19,22H2,1-4H3,(H,43,45)(H,44,48)/b10-7+. The van der Waals surface area contributed by atoms with Crippen LogP contribution in [-0.2, 0) is 11.3 Å². The molecule has 0 unspecified atom stereocenters. The van der Waals surface area contributed by atoms with Crippen molar-refractivity contribution in [1.82, 2.24) is 24.5 Å². The largest absolute Gasteiger partial charge is 0.367 e. The highest BCUT2D eigenvalue weighted by atomic mass is 19.3. The lowest BCUT2D eigenvalue weighted by Crippen LogP contribution is -2.32. The molecule has 6 rings (SSSR count). The fourth-order valence-corrected chi connectivity index (χ4v) is 6.10. The molecule has 3 N–H and O–H groups in total. The predicted octanol–water partition coefficient (Wildman–Crippen LogP) is 7.73. The van der Waals surface area contributed by atoms with E-state index in [0.717, 1.165) is 44.6 Å². The van der Waals surface area contributed by atoms with Crippen molar-refractivity contribution in [3.8, 4) is 11.3 Å². The number of benzene rings is 2. The maximum atomic E-state index is 13.8. The molecule has 3 aromatic heterocycles. The lowest BCUT2D eigenvalue weighted by atomic mass is 9.92. The summed E-state index contributed by atoms with van der Waals surface area (Å²) >= 11 is 0. The summed E-state index contributed by atoms with van der Waals surface area (Å²) in [7, 11) is 3.90. The summed E-state index contributed by atoms with van der Waals surface area (Å²) in [5, 5.41) is 16.5. The second-order valence-electron chi connectivity index (χ2n) is 13.1.